The van der Waals surface area contributed by atoms with Gasteiger partial charge in [-0.2, -0.15) is 5.26 Å². The van der Waals surface area contributed by atoms with Crippen LogP contribution in [0.3, 0.4) is 0 Å². The van der Waals surface area contributed by atoms with Crippen LogP contribution in [0, 0.1) is 11.3 Å². The second kappa shape index (κ2) is 7.60. The summed E-state index contributed by atoms with van der Waals surface area (Å²) in [6, 6.07) is 1.97. The van der Waals surface area contributed by atoms with Gasteiger partial charge >= 0.3 is 5.97 Å². The molecule has 0 rings (SSSR count). The molecule has 0 saturated carbocycles. The van der Waals surface area contributed by atoms with E-state index in [-0.39, 0.29) is 5.97 Å². The zero-order valence-corrected chi connectivity index (χ0v) is 8.38. The average Bonchev–Trinajstić information content (AvgIpc) is 2.09. The molecule has 0 spiro atoms. The lowest BCUT2D eigenvalue weighted by Crippen LogP contribution is -2.13. The second-order valence-electron chi connectivity index (χ2n) is 3.08. The molecule has 74 valence electrons. The minimum atomic E-state index is -0.547. The molecule has 1 atom stereocenters. The van der Waals surface area contributed by atoms with Gasteiger partial charge in [-0.05, 0) is 12.8 Å². The highest BCUT2D eigenvalue weighted by Gasteiger charge is 2.09. The van der Waals surface area contributed by atoms with Crippen LogP contribution in [-0.2, 0) is 9.53 Å². The van der Waals surface area contributed by atoms with Crippen molar-refractivity contribution in [2.24, 2.45) is 0 Å². The molecule has 3 heteroatoms. The van der Waals surface area contributed by atoms with Crippen molar-refractivity contribution < 1.29 is 9.53 Å². The number of esters is 1. The highest BCUT2D eigenvalue weighted by atomic mass is 16.5. The highest BCUT2D eigenvalue weighted by Crippen LogP contribution is 2.07. The summed E-state index contributed by atoms with van der Waals surface area (Å²) in [5, 5.41) is 8.60. The monoisotopic (exact) mass is 183 g/mol. The number of rotatable bonds is 6. The Labute approximate surface area is 79.7 Å². The second-order valence-corrected chi connectivity index (χ2v) is 3.08. The Bertz CT molecular complexity index is 184. The van der Waals surface area contributed by atoms with E-state index >= 15 is 0 Å². The third-order valence-corrected chi connectivity index (χ3v) is 1.77. The molecule has 0 N–H and O–H groups in total. The van der Waals surface area contributed by atoms with Crippen molar-refractivity contribution in [3.63, 3.8) is 0 Å². The summed E-state index contributed by atoms with van der Waals surface area (Å²) in [6.45, 7) is 3.46. The predicted molar refractivity (Wildman–Crippen MR) is 49.9 cm³/mol. The summed E-state index contributed by atoms with van der Waals surface area (Å²) in [7, 11) is 0. The topological polar surface area (TPSA) is 50.1 Å². The Balaban J connectivity index is 3.50. The number of hydrogen-bond donors (Lipinski definition) is 0. The van der Waals surface area contributed by atoms with E-state index in [1.165, 1.54) is 19.8 Å². The van der Waals surface area contributed by atoms with E-state index in [1.54, 1.807) is 0 Å². The van der Waals surface area contributed by atoms with Gasteiger partial charge in [0.25, 0.3) is 0 Å². The molecule has 0 bridgehead atoms. The number of nitrogens with zero attached hydrogens (tertiary/aromatic N) is 1. The van der Waals surface area contributed by atoms with E-state index < -0.39 is 6.10 Å². The van der Waals surface area contributed by atoms with Crippen LogP contribution in [0.4, 0.5) is 0 Å². The zero-order valence-electron chi connectivity index (χ0n) is 8.38. The van der Waals surface area contributed by atoms with Gasteiger partial charge in [0.05, 0.1) is 0 Å². The molecular formula is C10H17NO2. The first-order chi connectivity index (χ1) is 6.20. The Morgan fingerprint density at radius 3 is 2.62 bits per heavy atom. The number of ether oxygens (including phenoxy) is 1. The highest BCUT2D eigenvalue weighted by molar-refractivity contribution is 5.66. The lowest BCUT2D eigenvalue weighted by molar-refractivity contribution is -0.144. The van der Waals surface area contributed by atoms with E-state index in [9.17, 15) is 4.79 Å². The van der Waals surface area contributed by atoms with E-state index in [4.69, 9.17) is 10.00 Å². The van der Waals surface area contributed by atoms with Crippen LogP contribution in [0.2, 0.25) is 0 Å². The van der Waals surface area contributed by atoms with Gasteiger partial charge in [-0.25, -0.2) is 0 Å². The van der Waals surface area contributed by atoms with Crippen LogP contribution < -0.4 is 0 Å². The quantitative estimate of drug-likeness (QED) is 0.469. The van der Waals surface area contributed by atoms with Crippen molar-refractivity contribution in [2.45, 2.75) is 52.1 Å². The molecule has 0 aromatic rings. The molecule has 0 aliphatic carbocycles. The maximum atomic E-state index is 10.5. The standard InChI is InChI=1S/C10H17NO2/c1-3-4-5-6-7-10(8-11)13-9(2)12/h10H,3-7H2,1-2H3. The number of hydrogen-bond acceptors (Lipinski definition) is 3. The van der Waals surface area contributed by atoms with Gasteiger partial charge in [0.15, 0.2) is 6.10 Å². The van der Waals surface area contributed by atoms with Crippen LogP contribution >= 0.6 is 0 Å². The fourth-order valence-corrected chi connectivity index (χ4v) is 1.11. The van der Waals surface area contributed by atoms with E-state index in [1.807, 2.05) is 6.07 Å². The first kappa shape index (κ1) is 12.0. The molecule has 0 fully saturated rings. The zero-order chi connectivity index (χ0) is 10.1. The molecule has 0 aliphatic heterocycles. The average molecular weight is 183 g/mol. The largest absolute Gasteiger partial charge is 0.447 e. The Morgan fingerprint density at radius 1 is 1.46 bits per heavy atom. The van der Waals surface area contributed by atoms with Gasteiger partial charge < -0.3 is 4.74 Å². The fourth-order valence-electron chi connectivity index (χ4n) is 1.11. The van der Waals surface area contributed by atoms with Gasteiger partial charge in [-0.1, -0.05) is 26.2 Å². The van der Waals surface area contributed by atoms with Crippen molar-refractivity contribution in [3.8, 4) is 6.07 Å². The Kier molecular flexibility index (Phi) is 6.99. The number of nitriles is 1. The molecule has 13 heavy (non-hydrogen) atoms. The predicted octanol–water partition coefficient (Wildman–Crippen LogP) is 2.41. The molecule has 3 nitrogen and oxygen atoms in total. The van der Waals surface area contributed by atoms with E-state index in [0.29, 0.717) is 6.42 Å². The van der Waals surface area contributed by atoms with E-state index in [2.05, 4.69) is 6.92 Å². The summed E-state index contributed by atoms with van der Waals surface area (Å²) < 4.78 is 4.78. The van der Waals surface area contributed by atoms with Gasteiger partial charge in [0, 0.05) is 6.92 Å². The summed E-state index contributed by atoms with van der Waals surface area (Å²) in [5.74, 6) is -0.373. The van der Waals surface area contributed by atoms with Gasteiger partial charge in [-0.3, -0.25) is 4.79 Å². The molecule has 0 aromatic heterocycles. The van der Waals surface area contributed by atoms with Crippen molar-refractivity contribution in [2.75, 3.05) is 0 Å². The molecule has 0 heterocycles. The number of unbranched alkanes of at least 4 members (excludes halogenated alkanes) is 3. The van der Waals surface area contributed by atoms with E-state index in [0.717, 1.165) is 12.8 Å². The van der Waals surface area contributed by atoms with Crippen LogP contribution in [0.25, 0.3) is 0 Å². The number of carbonyl (C=O) groups is 1. The summed E-state index contributed by atoms with van der Waals surface area (Å²) in [6.07, 6.45) is 4.53. The molecule has 1 unspecified atom stereocenters. The molecule has 0 radical (unpaired) electrons. The van der Waals surface area contributed by atoms with Crippen LogP contribution in [0.15, 0.2) is 0 Å². The molecule has 0 aliphatic rings. The first-order valence-electron chi connectivity index (χ1n) is 4.77. The van der Waals surface area contributed by atoms with Crippen molar-refractivity contribution >= 4 is 5.97 Å². The summed E-state index contributed by atoms with van der Waals surface area (Å²) in [4.78, 5) is 10.5. The Morgan fingerprint density at radius 2 is 2.15 bits per heavy atom. The fraction of sp³-hybridized carbons (Fsp3) is 0.800. The SMILES string of the molecule is CCCCCCC(C#N)OC(C)=O. The van der Waals surface area contributed by atoms with Crippen LogP contribution in [0.1, 0.15) is 46.0 Å². The summed E-state index contributed by atoms with van der Waals surface area (Å²) >= 11 is 0. The van der Waals surface area contributed by atoms with Crippen molar-refractivity contribution in [3.05, 3.63) is 0 Å². The van der Waals surface area contributed by atoms with Crippen LogP contribution in [0.5, 0.6) is 0 Å². The maximum absolute atomic E-state index is 10.5. The first-order valence-corrected chi connectivity index (χ1v) is 4.77. The molecular weight excluding hydrogens is 166 g/mol. The molecule has 0 saturated heterocycles. The maximum Gasteiger partial charge on any atom is 0.303 e. The minimum Gasteiger partial charge on any atom is -0.447 e. The number of carbonyl (C=O) groups excluding carboxylic acids is 1. The normalized spacial score (nSPS) is 11.8. The minimum absolute atomic E-state index is 0.373. The van der Waals surface area contributed by atoms with Crippen molar-refractivity contribution in [1.29, 1.82) is 5.26 Å². The molecule has 0 aromatic carbocycles. The molecule has 0 amide bonds. The van der Waals surface area contributed by atoms with Gasteiger partial charge in [0.1, 0.15) is 6.07 Å². The van der Waals surface area contributed by atoms with Gasteiger partial charge in [0.2, 0.25) is 0 Å². The third-order valence-electron chi connectivity index (χ3n) is 1.77. The van der Waals surface area contributed by atoms with Crippen molar-refractivity contribution in [1.82, 2.24) is 0 Å². The summed E-state index contributed by atoms with van der Waals surface area (Å²) in [5.41, 5.74) is 0. The lowest BCUT2D eigenvalue weighted by atomic mass is 10.1. The third kappa shape index (κ3) is 7.32. The smallest absolute Gasteiger partial charge is 0.303 e. The Hall–Kier alpha value is -1.04. The lowest BCUT2D eigenvalue weighted by Gasteiger charge is -2.08. The van der Waals surface area contributed by atoms with Gasteiger partial charge in [-0.15, -0.1) is 0 Å². The van der Waals surface area contributed by atoms with Crippen LogP contribution in [-0.4, -0.2) is 12.1 Å².